The Morgan fingerprint density at radius 2 is 2.11 bits per heavy atom. The van der Waals surface area contributed by atoms with Gasteiger partial charge in [-0.1, -0.05) is 30.4 Å². The molecule has 0 radical (unpaired) electrons. The smallest absolute Gasteiger partial charge is 0.160 e. The number of halogens is 1. The van der Waals surface area contributed by atoms with Crippen LogP contribution in [0, 0.1) is 11.8 Å². The van der Waals surface area contributed by atoms with Crippen molar-refractivity contribution in [1.82, 2.24) is 0 Å². The molecule has 1 aromatic rings. The van der Waals surface area contributed by atoms with E-state index in [1.807, 2.05) is 6.92 Å². The van der Waals surface area contributed by atoms with E-state index >= 15 is 0 Å². The van der Waals surface area contributed by atoms with E-state index in [1.165, 1.54) is 6.07 Å². The summed E-state index contributed by atoms with van der Waals surface area (Å²) in [5.74, 6) is 6.32. The molecule has 0 fully saturated rings. The Morgan fingerprint density at radius 1 is 1.33 bits per heavy atom. The van der Waals surface area contributed by atoms with Crippen molar-refractivity contribution >= 4 is 17.4 Å². The number of carbonyl (C=O) groups is 1. The molecule has 2 nitrogen and oxygen atoms in total. The first-order valence-corrected chi connectivity index (χ1v) is 6.25. The Balaban J connectivity index is 2.32. The first-order valence-electron chi connectivity index (χ1n) is 5.87. The molecule has 0 unspecified atom stereocenters. The van der Waals surface area contributed by atoms with Gasteiger partial charge in [0.2, 0.25) is 0 Å². The molecule has 0 atom stereocenters. The number of rotatable bonds is 1. The second kappa shape index (κ2) is 5.29. The van der Waals surface area contributed by atoms with Crippen LogP contribution < -0.4 is 0 Å². The van der Waals surface area contributed by atoms with Gasteiger partial charge in [0, 0.05) is 23.1 Å². The Morgan fingerprint density at radius 3 is 2.78 bits per heavy atom. The molecule has 0 heterocycles. The van der Waals surface area contributed by atoms with Gasteiger partial charge >= 0.3 is 0 Å². The fraction of sp³-hybridized carbons (Fsp3) is 0.267. The number of hydrogen-bond donors (Lipinski definition) is 1. The zero-order chi connectivity index (χ0) is 13.1. The highest BCUT2D eigenvalue weighted by Crippen LogP contribution is 2.25. The SMILES string of the molecule is CCC1=C(C#Cc2ccc(O)cc2Cl)CCC1=O. The summed E-state index contributed by atoms with van der Waals surface area (Å²) < 4.78 is 0. The summed E-state index contributed by atoms with van der Waals surface area (Å²) in [5, 5.41) is 9.67. The summed E-state index contributed by atoms with van der Waals surface area (Å²) in [6.45, 7) is 1.97. The van der Waals surface area contributed by atoms with Crippen LogP contribution in [-0.2, 0) is 4.79 Å². The van der Waals surface area contributed by atoms with E-state index in [0.717, 1.165) is 24.0 Å². The van der Waals surface area contributed by atoms with E-state index in [2.05, 4.69) is 11.8 Å². The highest BCUT2D eigenvalue weighted by atomic mass is 35.5. The van der Waals surface area contributed by atoms with Gasteiger partial charge in [-0.05, 0) is 31.0 Å². The van der Waals surface area contributed by atoms with Crippen molar-refractivity contribution in [1.29, 1.82) is 0 Å². The number of ketones is 1. The molecule has 1 aliphatic carbocycles. The standard InChI is InChI=1S/C15H13ClO2/c1-2-13-10(6-8-15(13)18)3-4-11-5-7-12(17)9-14(11)16/h5,7,9,17H,2,6,8H2,1H3. The van der Waals surface area contributed by atoms with Gasteiger partial charge in [0.1, 0.15) is 5.75 Å². The minimum atomic E-state index is 0.120. The van der Waals surface area contributed by atoms with Crippen LogP contribution in [0.15, 0.2) is 29.3 Å². The lowest BCUT2D eigenvalue weighted by molar-refractivity contribution is -0.115. The van der Waals surface area contributed by atoms with Crippen LogP contribution in [0.25, 0.3) is 0 Å². The molecule has 3 heteroatoms. The highest BCUT2D eigenvalue weighted by Gasteiger charge is 2.19. The van der Waals surface area contributed by atoms with Gasteiger partial charge in [-0.25, -0.2) is 0 Å². The van der Waals surface area contributed by atoms with Crippen molar-refractivity contribution in [2.24, 2.45) is 0 Å². The second-order valence-corrected chi connectivity index (χ2v) is 4.56. The Kier molecular flexibility index (Phi) is 3.74. The third-order valence-corrected chi connectivity index (χ3v) is 3.27. The molecule has 2 rings (SSSR count). The summed E-state index contributed by atoms with van der Waals surface area (Å²) in [6.07, 6.45) is 2.02. The molecule has 0 saturated carbocycles. The predicted octanol–water partition coefficient (Wildman–Crippen LogP) is 3.47. The molecule has 0 amide bonds. The lowest BCUT2D eigenvalue weighted by Gasteiger charge is -1.97. The quantitative estimate of drug-likeness (QED) is 0.785. The van der Waals surface area contributed by atoms with Crippen LogP contribution in [0.1, 0.15) is 31.7 Å². The van der Waals surface area contributed by atoms with Gasteiger partial charge in [-0.3, -0.25) is 4.79 Å². The Labute approximate surface area is 111 Å². The van der Waals surface area contributed by atoms with Gasteiger partial charge in [-0.2, -0.15) is 0 Å². The molecule has 1 aromatic carbocycles. The summed E-state index contributed by atoms with van der Waals surface area (Å²) in [5.41, 5.74) is 2.43. The number of Topliss-reactive ketones (excluding diaryl/α,β-unsaturated/α-hetero) is 1. The molecule has 0 saturated heterocycles. The summed E-state index contributed by atoms with van der Waals surface area (Å²) in [7, 11) is 0. The molecule has 0 aromatic heterocycles. The normalized spacial score (nSPS) is 14.7. The maximum Gasteiger partial charge on any atom is 0.160 e. The average Bonchev–Trinajstić information content (AvgIpc) is 2.69. The van der Waals surface area contributed by atoms with E-state index in [0.29, 0.717) is 17.0 Å². The van der Waals surface area contributed by atoms with Crippen LogP contribution in [0.4, 0.5) is 0 Å². The van der Waals surface area contributed by atoms with E-state index in [-0.39, 0.29) is 11.5 Å². The molecular weight excluding hydrogens is 248 g/mol. The highest BCUT2D eigenvalue weighted by molar-refractivity contribution is 6.31. The van der Waals surface area contributed by atoms with Crippen molar-refractivity contribution in [2.45, 2.75) is 26.2 Å². The lowest BCUT2D eigenvalue weighted by Crippen LogP contribution is -1.93. The molecule has 0 spiro atoms. The van der Waals surface area contributed by atoms with E-state index in [1.54, 1.807) is 12.1 Å². The number of phenols is 1. The number of allylic oxidation sites excluding steroid dienone is 2. The van der Waals surface area contributed by atoms with E-state index in [9.17, 15) is 9.90 Å². The van der Waals surface area contributed by atoms with E-state index < -0.39 is 0 Å². The molecule has 0 aliphatic heterocycles. The zero-order valence-corrected chi connectivity index (χ0v) is 10.8. The van der Waals surface area contributed by atoms with Crippen molar-refractivity contribution in [3.05, 3.63) is 39.9 Å². The van der Waals surface area contributed by atoms with Gasteiger partial charge in [-0.15, -0.1) is 0 Å². The van der Waals surface area contributed by atoms with Crippen molar-refractivity contribution < 1.29 is 9.90 Å². The van der Waals surface area contributed by atoms with Crippen LogP contribution in [-0.4, -0.2) is 10.9 Å². The molecular formula is C15H13ClO2. The van der Waals surface area contributed by atoms with Gasteiger partial charge in [0.25, 0.3) is 0 Å². The number of aromatic hydroxyl groups is 1. The first-order chi connectivity index (χ1) is 8.61. The number of carbonyl (C=O) groups excluding carboxylic acids is 1. The van der Waals surface area contributed by atoms with Crippen molar-refractivity contribution in [3.8, 4) is 17.6 Å². The van der Waals surface area contributed by atoms with Crippen molar-refractivity contribution in [2.75, 3.05) is 0 Å². The predicted molar refractivity (Wildman–Crippen MR) is 71.6 cm³/mol. The zero-order valence-electron chi connectivity index (χ0n) is 10.1. The van der Waals surface area contributed by atoms with Crippen molar-refractivity contribution in [3.63, 3.8) is 0 Å². The second-order valence-electron chi connectivity index (χ2n) is 4.15. The Hall–Kier alpha value is -1.72. The fourth-order valence-corrected chi connectivity index (χ4v) is 2.23. The lowest BCUT2D eigenvalue weighted by atomic mass is 10.1. The van der Waals surface area contributed by atoms with Crippen LogP contribution in [0.3, 0.4) is 0 Å². The monoisotopic (exact) mass is 260 g/mol. The maximum absolute atomic E-state index is 11.6. The molecule has 0 bridgehead atoms. The molecule has 92 valence electrons. The Bertz CT molecular complexity index is 588. The summed E-state index contributed by atoms with van der Waals surface area (Å²) in [6, 6.07) is 4.68. The van der Waals surface area contributed by atoms with Crippen LogP contribution in [0.2, 0.25) is 5.02 Å². The molecule has 18 heavy (non-hydrogen) atoms. The third kappa shape index (κ3) is 2.57. The third-order valence-electron chi connectivity index (χ3n) is 2.96. The molecule has 1 N–H and O–H groups in total. The largest absolute Gasteiger partial charge is 0.508 e. The molecule has 1 aliphatic rings. The first kappa shape index (κ1) is 12.7. The number of hydrogen-bond acceptors (Lipinski definition) is 2. The van der Waals surface area contributed by atoms with Gasteiger partial charge in [0.15, 0.2) is 5.78 Å². The number of benzene rings is 1. The topological polar surface area (TPSA) is 37.3 Å². The summed E-state index contributed by atoms with van der Waals surface area (Å²) in [4.78, 5) is 11.6. The van der Waals surface area contributed by atoms with E-state index in [4.69, 9.17) is 11.6 Å². The minimum Gasteiger partial charge on any atom is -0.508 e. The average molecular weight is 261 g/mol. The van der Waals surface area contributed by atoms with Crippen LogP contribution in [0.5, 0.6) is 5.75 Å². The van der Waals surface area contributed by atoms with Gasteiger partial charge in [0.05, 0.1) is 5.02 Å². The van der Waals surface area contributed by atoms with Gasteiger partial charge < -0.3 is 5.11 Å². The fourth-order valence-electron chi connectivity index (χ4n) is 2.01. The number of phenolic OH excluding ortho intramolecular Hbond substituents is 1. The summed E-state index contributed by atoms with van der Waals surface area (Å²) >= 11 is 5.97. The van der Waals surface area contributed by atoms with Crippen LogP contribution >= 0.6 is 11.6 Å². The minimum absolute atomic E-state index is 0.120. The maximum atomic E-state index is 11.6.